The highest BCUT2D eigenvalue weighted by molar-refractivity contribution is 6.51. The molecule has 0 radical (unpaired) electrons. The van der Waals surface area contributed by atoms with Crippen LogP contribution in [0.25, 0.3) is 5.76 Å². The van der Waals surface area contributed by atoms with Crippen molar-refractivity contribution in [2.75, 3.05) is 19.1 Å². The van der Waals surface area contributed by atoms with Gasteiger partial charge in [-0.3, -0.25) is 14.5 Å². The fourth-order valence-corrected chi connectivity index (χ4v) is 3.68. The van der Waals surface area contributed by atoms with Gasteiger partial charge in [-0.25, -0.2) is 4.98 Å². The Bertz CT molecular complexity index is 1170. The molecule has 7 nitrogen and oxygen atoms in total. The molecule has 0 bridgehead atoms. The number of pyridine rings is 1. The third-order valence-corrected chi connectivity index (χ3v) is 5.12. The molecule has 156 valence electrons. The molecular formula is C24H20N2O5. The van der Waals surface area contributed by atoms with Gasteiger partial charge in [0.1, 0.15) is 29.1 Å². The van der Waals surface area contributed by atoms with Crippen molar-refractivity contribution >= 4 is 23.3 Å². The number of para-hydroxylation sites is 1. The van der Waals surface area contributed by atoms with Crippen molar-refractivity contribution in [2.45, 2.75) is 6.04 Å². The summed E-state index contributed by atoms with van der Waals surface area (Å²) in [5, 5.41) is 11.2. The summed E-state index contributed by atoms with van der Waals surface area (Å²) >= 11 is 0. The average Bonchev–Trinajstić information content (AvgIpc) is 3.09. The number of ether oxygens (including phenoxy) is 2. The van der Waals surface area contributed by atoms with Gasteiger partial charge in [-0.1, -0.05) is 36.4 Å². The van der Waals surface area contributed by atoms with E-state index in [1.54, 1.807) is 66.7 Å². The van der Waals surface area contributed by atoms with Crippen LogP contribution in [0.2, 0.25) is 0 Å². The number of rotatable bonds is 5. The standard InChI is InChI=1S/C24H20N2O5/c1-30-16-9-7-8-15(14-16)22(27)20-21(17-10-3-4-11-18(17)31-2)26(24(29)23(20)28)19-12-5-6-13-25-19/h3-14,21,27H,1-2H3/t21-/m1/s1. The first-order valence-electron chi connectivity index (χ1n) is 9.56. The summed E-state index contributed by atoms with van der Waals surface area (Å²) in [7, 11) is 3.02. The lowest BCUT2D eigenvalue weighted by molar-refractivity contribution is -0.132. The van der Waals surface area contributed by atoms with Gasteiger partial charge in [0.25, 0.3) is 5.78 Å². The van der Waals surface area contributed by atoms with Crippen molar-refractivity contribution in [1.82, 2.24) is 4.98 Å². The van der Waals surface area contributed by atoms with E-state index < -0.39 is 17.7 Å². The number of methoxy groups -OCH3 is 2. The van der Waals surface area contributed by atoms with Crippen LogP contribution in [-0.4, -0.2) is 36.0 Å². The van der Waals surface area contributed by atoms with E-state index in [1.165, 1.54) is 25.3 Å². The maximum atomic E-state index is 13.1. The van der Waals surface area contributed by atoms with Crippen molar-refractivity contribution in [1.29, 1.82) is 0 Å². The van der Waals surface area contributed by atoms with Gasteiger partial charge < -0.3 is 14.6 Å². The van der Waals surface area contributed by atoms with E-state index in [1.807, 2.05) is 0 Å². The van der Waals surface area contributed by atoms with E-state index in [-0.39, 0.29) is 11.3 Å². The maximum Gasteiger partial charge on any atom is 0.301 e. The number of aliphatic hydroxyl groups is 1. The van der Waals surface area contributed by atoms with E-state index >= 15 is 0 Å². The highest BCUT2D eigenvalue weighted by Gasteiger charge is 2.48. The monoisotopic (exact) mass is 416 g/mol. The minimum atomic E-state index is -0.919. The largest absolute Gasteiger partial charge is 0.507 e. The summed E-state index contributed by atoms with van der Waals surface area (Å²) in [6, 6.07) is 17.9. The van der Waals surface area contributed by atoms with Crippen molar-refractivity contribution in [3.63, 3.8) is 0 Å². The van der Waals surface area contributed by atoms with Crippen LogP contribution in [0.4, 0.5) is 5.82 Å². The third kappa shape index (κ3) is 3.50. The molecule has 3 aromatic rings. The Morgan fingerprint density at radius 1 is 0.968 bits per heavy atom. The normalized spacial score (nSPS) is 17.6. The first-order chi connectivity index (χ1) is 15.1. The quantitative estimate of drug-likeness (QED) is 0.387. The Labute approximate surface area is 179 Å². The highest BCUT2D eigenvalue weighted by Crippen LogP contribution is 2.44. The number of Topliss-reactive ketones (excluding diaryl/α,β-unsaturated/α-hetero) is 1. The second-order valence-electron chi connectivity index (χ2n) is 6.83. The molecule has 1 N–H and O–H groups in total. The first kappa shape index (κ1) is 20.2. The summed E-state index contributed by atoms with van der Waals surface area (Å²) in [5.74, 6) is -0.596. The topological polar surface area (TPSA) is 89.0 Å². The molecule has 7 heteroatoms. The SMILES string of the molecule is COc1cccc(C(O)=C2C(=O)C(=O)N(c3ccccn3)[C@@H]2c2ccccc2OC)c1. The van der Waals surface area contributed by atoms with Crippen molar-refractivity contribution in [3.05, 3.63) is 89.6 Å². The van der Waals surface area contributed by atoms with Crippen LogP contribution in [-0.2, 0) is 9.59 Å². The number of carbonyl (C=O) groups is 2. The van der Waals surface area contributed by atoms with Crippen LogP contribution >= 0.6 is 0 Å². The van der Waals surface area contributed by atoms with Gasteiger partial charge in [-0.2, -0.15) is 0 Å². The van der Waals surface area contributed by atoms with Gasteiger partial charge in [-0.05, 0) is 30.3 Å². The van der Waals surface area contributed by atoms with Gasteiger partial charge in [-0.15, -0.1) is 0 Å². The zero-order chi connectivity index (χ0) is 22.0. The summed E-state index contributed by atoms with van der Waals surface area (Å²) < 4.78 is 10.7. The molecule has 1 atom stereocenters. The number of aromatic nitrogens is 1. The fraction of sp³-hybridized carbons (Fsp3) is 0.125. The molecule has 1 aliphatic heterocycles. The number of hydrogen-bond acceptors (Lipinski definition) is 6. The number of benzene rings is 2. The number of aliphatic hydroxyl groups excluding tert-OH is 1. The molecule has 1 amide bonds. The fourth-order valence-electron chi connectivity index (χ4n) is 3.68. The predicted molar refractivity (Wildman–Crippen MR) is 115 cm³/mol. The molecule has 31 heavy (non-hydrogen) atoms. The molecule has 1 aliphatic rings. The van der Waals surface area contributed by atoms with Gasteiger partial charge in [0.05, 0.1) is 19.8 Å². The van der Waals surface area contributed by atoms with Gasteiger partial charge in [0.15, 0.2) is 0 Å². The van der Waals surface area contributed by atoms with E-state index in [4.69, 9.17) is 9.47 Å². The lowest BCUT2D eigenvalue weighted by atomic mass is 9.94. The number of carbonyl (C=O) groups excluding carboxylic acids is 2. The Morgan fingerprint density at radius 3 is 2.45 bits per heavy atom. The Kier molecular flexibility index (Phi) is 5.41. The highest BCUT2D eigenvalue weighted by atomic mass is 16.5. The van der Waals surface area contributed by atoms with Crippen LogP contribution in [0, 0.1) is 0 Å². The zero-order valence-electron chi connectivity index (χ0n) is 17.0. The van der Waals surface area contributed by atoms with E-state index in [0.717, 1.165) is 0 Å². The van der Waals surface area contributed by atoms with Crippen LogP contribution < -0.4 is 14.4 Å². The second kappa shape index (κ2) is 8.31. The van der Waals surface area contributed by atoms with Crippen LogP contribution in [0.5, 0.6) is 11.5 Å². The summed E-state index contributed by atoms with van der Waals surface area (Å²) in [5.41, 5.74) is 0.867. The number of anilines is 1. The molecule has 0 spiro atoms. The molecule has 1 aromatic heterocycles. The second-order valence-corrected chi connectivity index (χ2v) is 6.83. The van der Waals surface area contributed by atoms with E-state index in [2.05, 4.69) is 4.98 Å². The van der Waals surface area contributed by atoms with Gasteiger partial charge in [0, 0.05) is 17.3 Å². The lowest BCUT2D eigenvalue weighted by Crippen LogP contribution is -2.30. The lowest BCUT2D eigenvalue weighted by Gasteiger charge is -2.25. The Hall–Kier alpha value is -4.13. The molecule has 2 aromatic carbocycles. The third-order valence-electron chi connectivity index (χ3n) is 5.12. The van der Waals surface area contributed by atoms with E-state index in [0.29, 0.717) is 28.4 Å². The van der Waals surface area contributed by atoms with Crippen LogP contribution in [0.1, 0.15) is 17.2 Å². The van der Waals surface area contributed by atoms with Crippen molar-refractivity contribution in [2.24, 2.45) is 0 Å². The maximum absolute atomic E-state index is 13.1. The molecule has 2 heterocycles. The number of ketones is 1. The Morgan fingerprint density at radius 2 is 1.74 bits per heavy atom. The first-order valence-corrected chi connectivity index (χ1v) is 9.56. The molecular weight excluding hydrogens is 396 g/mol. The predicted octanol–water partition coefficient (Wildman–Crippen LogP) is 3.73. The summed E-state index contributed by atoms with van der Waals surface area (Å²) in [6.45, 7) is 0. The molecule has 0 aliphatic carbocycles. The van der Waals surface area contributed by atoms with Crippen LogP contribution in [0.3, 0.4) is 0 Å². The molecule has 4 rings (SSSR count). The smallest absolute Gasteiger partial charge is 0.301 e. The van der Waals surface area contributed by atoms with Crippen LogP contribution in [0.15, 0.2) is 78.5 Å². The van der Waals surface area contributed by atoms with Crippen molar-refractivity contribution < 1.29 is 24.2 Å². The molecule has 0 unspecified atom stereocenters. The number of nitrogens with zero attached hydrogens (tertiary/aromatic N) is 2. The van der Waals surface area contributed by atoms with E-state index in [9.17, 15) is 14.7 Å². The molecule has 1 saturated heterocycles. The average molecular weight is 416 g/mol. The van der Waals surface area contributed by atoms with Crippen molar-refractivity contribution in [3.8, 4) is 11.5 Å². The Balaban J connectivity index is 1.98. The number of hydrogen-bond donors (Lipinski definition) is 1. The number of amides is 1. The molecule has 1 fully saturated rings. The minimum absolute atomic E-state index is 0.0478. The zero-order valence-corrected chi connectivity index (χ0v) is 17.0. The van der Waals surface area contributed by atoms with Gasteiger partial charge in [0.2, 0.25) is 0 Å². The summed E-state index contributed by atoms with van der Waals surface area (Å²) in [4.78, 5) is 31.8. The van der Waals surface area contributed by atoms with Gasteiger partial charge >= 0.3 is 5.91 Å². The summed E-state index contributed by atoms with van der Waals surface area (Å²) in [6.07, 6.45) is 1.54. The minimum Gasteiger partial charge on any atom is -0.507 e. The molecule has 0 saturated carbocycles.